The monoisotopic (exact) mass is 328 g/mol. The van der Waals surface area contributed by atoms with Crippen molar-refractivity contribution in [3.8, 4) is 11.5 Å². The minimum Gasteiger partial charge on any atom is -0.453 e. The molecule has 0 bridgehead atoms. The van der Waals surface area contributed by atoms with Crippen LogP contribution < -0.4 is 4.74 Å². The predicted octanol–water partition coefficient (Wildman–Crippen LogP) is 4.85. The van der Waals surface area contributed by atoms with Gasteiger partial charge in [0.1, 0.15) is 5.75 Å². The third-order valence-corrected chi connectivity index (χ3v) is 3.07. The third-order valence-electron chi connectivity index (χ3n) is 2.24. The summed E-state index contributed by atoms with van der Waals surface area (Å²) in [6, 6.07) is 9.13. The van der Waals surface area contributed by atoms with Gasteiger partial charge in [-0.15, -0.1) is 0 Å². The van der Waals surface area contributed by atoms with E-state index in [9.17, 15) is 9.18 Å². The van der Waals surface area contributed by atoms with E-state index in [1.807, 2.05) is 0 Å². The number of hydrogen-bond donors (Lipinski definition) is 0. The van der Waals surface area contributed by atoms with Crippen molar-refractivity contribution in [2.24, 2.45) is 0 Å². The Bertz CT molecular complexity index is 602. The maximum Gasteiger partial charge on any atom is 0.166 e. The van der Waals surface area contributed by atoms with Crippen molar-refractivity contribution in [2.75, 3.05) is 0 Å². The molecule has 0 aliphatic carbocycles. The second kappa shape index (κ2) is 5.50. The minimum absolute atomic E-state index is 0.0311. The van der Waals surface area contributed by atoms with Crippen LogP contribution in [0.15, 0.2) is 40.9 Å². The predicted molar refractivity (Wildman–Crippen MR) is 71.0 cm³/mol. The number of aldehydes is 1. The lowest BCUT2D eigenvalue weighted by atomic mass is 10.2. The Morgan fingerprint density at radius 2 is 2.00 bits per heavy atom. The number of halogens is 3. The summed E-state index contributed by atoms with van der Waals surface area (Å²) < 4.78 is 19.6. The fraction of sp³-hybridized carbons (Fsp3) is 0. The topological polar surface area (TPSA) is 26.3 Å². The number of carbonyl (C=O) groups excluding carboxylic acids is 1. The van der Waals surface area contributed by atoms with Crippen molar-refractivity contribution >= 4 is 33.8 Å². The number of rotatable bonds is 3. The van der Waals surface area contributed by atoms with Gasteiger partial charge in [0.15, 0.2) is 17.9 Å². The van der Waals surface area contributed by atoms with Gasteiger partial charge in [0.05, 0.1) is 10.6 Å². The molecule has 18 heavy (non-hydrogen) atoms. The summed E-state index contributed by atoms with van der Waals surface area (Å²) in [5.41, 5.74) is 0.196. The molecule has 2 aromatic carbocycles. The van der Waals surface area contributed by atoms with Crippen LogP contribution in [0.3, 0.4) is 0 Å². The van der Waals surface area contributed by atoms with E-state index in [-0.39, 0.29) is 22.1 Å². The number of carbonyl (C=O) groups is 1. The van der Waals surface area contributed by atoms with Crippen LogP contribution in [0.25, 0.3) is 0 Å². The zero-order valence-corrected chi connectivity index (χ0v) is 11.3. The van der Waals surface area contributed by atoms with Gasteiger partial charge in [-0.3, -0.25) is 4.79 Å². The molecular weight excluding hydrogens is 322 g/mol. The summed E-state index contributed by atoms with van der Waals surface area (Å²) in [6.07, 6.45) is 0.578. The standard InChI is InChI=1S/C13H7BrClFO2/c14-8-4-5-13(11(16)6-8)18-12-3-1-2-10(15)9(12)7-17/h1-7H. The Kier molecular flexibility index (Phi) is 3.99. The largest absolute Gasteiger partial charge is 0.453 e. The SMILES string of the molecule is O=Cc1c(Cl)cccc1Oc1ccc(Br)cc1F. The molecule has 92 valence electrons. The smallest absolute Gasteiger partial charge is 0.166 e. The van der Waals surface area contributed by atoms with E-state index in [2.05, 4.69) is 15.9 Å². The van der Waals surface area contributed by atoms with Crippen molar-refractivity contribution in [1.29, 1.82) is 0 Å². The number of ether oxygens (including phenoxy) is 1. The molecular formula is C13H7BrClFO2. The second-order valence-electron chi connectivity index (χ2n) is 3.45. The van der Waals surface area contributed by atoms with Gasteiger partial charge >= 0.3 is 0 Å². The first-order chi connectivity index (χ1) is 8.61. The highest BCUT2D eigenvalue weighted by molar-refractivity contribution is 9.10. The zero-order chi connectivity index (χ0) is 13.1. The molecule has 0 aliphatic rings. The van der Waals surface area contributed by atoms with Gasteiger partial charge in [-0.25, -0.2) is 4.39 Å². The van der Waals surface area contributed by atoms with E-state index in [0.717, 1.165) is 0 Å². The van der Waals surface area contributed by atoms with Gasteiger partial charge in [-0.2, -0.15) is 0 Å². The lowest BCUT2D eigenvalue weighted by Gasteiger charge is -2.09. The van der Waals surface area contributed by atoms with Crippen LogP contribution in [0.4, 0.5) is 4.39 Å². The molecule has 0 amide bonds. The molecule has 0 saturated heterocycles. The highest BCUT2D eigenvalue weighted by Crippen LogP contribution is 2.31. The van der Waals surface area contributed by atoms with Crippen LogP contribution in [0.5, 0.6) is 11.5 Å². The molecule has 2 rings (SSSR count). The summed E-state index contributed by atoms with van der Waals surface area (Å²) in [5.74, 6) is -0.275. The first-order valence-corrected chi connectivity index (χ1v) is 6.15. The van der Waals surface area contributed by atoms with Crippen molar-refractivity contribution in [3.05, 3.63) is 57.3 Å². The van der Waals surface area contributed by atoms with E-state index in [1.165, 1.54) is 12.1 Å². The van der Waals surface area contributed by atoms with E-state index >= 15 is 0 Å². The summed E-state index contributed by atoms with van der Waals surface area (Å²) in [5, 5.41) is 0.264. The quantitative estimate of drug-likeness (QED) is 0.753. The van der Waals surface area contributed by atoms with E-state index in [0.29, 0.717) is 10.8 Å². The van der Waals surface area contributed by atoms with Crippen LogP contribution in [-0.4, -0.2) is 6.29 Å². The molecule has 2 nitrogen and oxygen atoms in total. The lowest BCUT2D eigenvalue weighted by Crippen LogP contribution is -1.93. The van der Waals surface area contributed by atoms with Crippen molar-refractivity contribution in [2.45, 2.75) is 0 Å². The van der Waals surface area contributed by atoms with Crippen LogP contribution in [-0.2, 0) is 0 Å². The molecule has 0 aromatic heterocycles. The Morgan fingerprint density at radius 3 is 2.67 bits per heavy atom. The molecule has 0 N–H and O–H groups in total. The zero-order valence-electron chi connectivity index (χ0n) is 8.99. The molecule has 0 heterocycles. The van der Waals surface area contributed by atoms with Gasteiger partial charge in [-0.1, -0.05) is 33.6 Å². The maximum atomic E-state index is 13.6. The summed E-state index contributed by atoms with van der Waals surface area (Å²) in [7, 11) is 0. The maximum absolute atomic E-state index is 13.6. The molecule has 0 spiro atoms. The number of hydrogen-bond acceptors (Lipinski definition) is 2. The summed E-state index contributed by atoms with van der Waals surface area (Å²) in [6.45, 7) is 0. The molecule has 0 radical (unpaired) electrons. The molecule has 0 saturated carbocycles. The molecule has 2 aromatic rings. The first-order valence-electron chi connectivity index (χ1n) is 4.98. The Labute approximate surface area is 116 Å². The highest BCUT2D eigenvalue weighted by Gasteiger charge is 2.11. The lowest BCUT2D eigenvalue weighted by molar-refractivity contribution is 0.112. The first kappa shape index (κ1) is 13.1. The summed E-state index contributed by atoms with van der Waals surface area (Å²) in [4.78, 5) is 10.9. The van der Waals surface area contributed by atoms with Gasteiger partial charge in [0.2, 0.25) is 0 Å². The van der Waals surface area contributed by atoms with Crippen LogP contribution in [0.2, 0.25) is 5.02 Å². The average molecular weight is 330 g/mol. The molecule has 5 heteroatoms. The van der Waals surface area contributed by atoms with Crippen LogP contribution in [0, 0.1) is 5.82 Å². The van der Waals surface area contributed by atoms with Gasteiger partial charge < -0.3 is 4.74 Å². The molecule has 0 aliphatic heterocycles. The molecule has 0 fully saturated rings. The normalized spacial score (nSPS) is 10.2. The van der Waals surface area contributed by atoms with Crippen LogP contribution >= 0.6 is 27.5 Å². The third kappa shape index (κ3) is 2.71. The minimum atomic E-state index is -0.527. The fourth-order valence-electron chi connectivity index (χ4n) is 1.40. The van der Waals surface area contributed by atoms with Crippen molar-refractivity contribution in [1.82, 2.24) is 0 Å². The van der Waals surface area contributed by atoms with Crippen molar-refractivity contribution < 1.29 is 13.9 Å². The van der Waals surface area contributed by atoms with Gasteiger partial charge in [0, 0.05) is 4.47 Å². The Morgan fingerprint density at radius 1 is 1.22 bits per heavy atom. The highest BCUT2D eigenvalue weighted by atomic mass is 79.9. The van der Waals surface area contributed by atoms with Gasteiger partial charge in [-0.05, 0) is 30.3 Å². The average Bonchev–Trinajstić information content (AvgIpc) is 2.33. The summed E-state index contributed by atoms with van der Waals surface area (Å²) >= 11 is 9.00. The molecule has 0 atom stereocenters. The Hall–Kier alpha value is -1.39. The van der Waals surface area contributed by atoms with Crippen molar-refractivity contribution in [3.63, 3.8) is 0 Å². The van der Waals surface area contributed by atoms with E-state index < -0.39 is 5.82 Å². The number of benzene rings is 2. The molecule has 0 unspecified atom stereocenters. The second-order valence-corrected chi connectivity index (χ2v) is 4.77. The van der Waals surface area contributed by atoms with E-state index in [4.69, 9.17) is 16.3 Å². The van der Waals surface area contributed by atoms with Gasteiger partial charge in [0.25, 0.3) is 0 Å². The van der Waals surface area contributed by atoms with E-state index in [1.54, 1.807) is 24.3 Å². The fourth-order valence-corrected chi connectivity index (χ4v) is 1.94. The Balaban J connectivity index is 2.40. The van der Waals surface area contributed by atoms with Crippen LogP contribution in [0.1, 0.15) is 10.4 Å².